The molecule has 2 aromatic rings. The number of anilines is 1. The van der Waals surface area contributed by atoms with Crippen molar-refractivity contribution in [3.8, 4) is 5.75 Å². The second kappa shape index (κ2) is 12.1. The fraction of sp³-hybridized carbons (Fsp3) is 0.286. The van der Waals surface area contributed by atoms with Gasteiger partial charge in [-0.1, -0.05) is 36.4 Å². The summed E-state index contributed by atoms with van der Waals surface area (Å²) in [6.07, 6.45) is 0.326. The van der Waals surface area contributed by atoms with Gasteiger partial charge in [0.25, 0.3) is 0 Å². The first-order valence-electron chi connectivity index (χ1n) is 9.39. The van der Waals surface area contributed by atoms with E-state index in [-0.39, 0.29) is 6.61 Å². The molecular formula is C21H25N3O6. The molecule has 0 radical (unpaired) electrons. The summed E-state index contributed by atoms with van der Waals surface area (Å²) in [5.41, 5.74) is 7.23. The van der Waals surface area contributed by atoms with Gasteiger partial charge in [0, 0.05) is 18.3 Å². The van der Waals surface area contributed by atoms with E-state index in [1.165, 1.54) is 6.07 Å². The largest absolute Gasteiger partial charge is 0.482 e. The monoisotopic (exact) mass is 415 g/mol. The van der Waals surface area contributed by atoms with Gasteiger partial charge in [-0.3, -0.25) is 4.79 Å². The number of aliphatic carboxylic acids is 1. The summed E-state index contributed by atoms with van der Waals surface area (Å²) in [7, 11) is 0. The van der Waals surface area contributed by atoms with Crippen LogP contribution in [0.25, 0.3) is 0 Å². The molecule has 5 N–H and O–H groups in total. The van der Waals surface area contributed by atoms with Crippen molar-refractivity contribution in [1.82, 2.24) is 5.32 Å². The molecule has 9 nitrogen and oxygen atoms in total. The van der Waals surface area contributed by atoms with Crippen LogP contribution in [0.3, 0.4) is 0 Å². The van der Waals surface area contributed by atoms with E-state index in [9.17, 15) is 14.4 Å². The van der Waals surface area contributed by atoms with Gasteiger partial charge in [-0.2, -0.15) is 0 Å². The van der Waals surface area contributed by atoms with E-state index in [0.29, 0.717) is 30.8 Å². The third-order valence-electron chi connectivity index (χ3n) is 3.97. The summed E-state index contributed by atoms with van der Waals surface area (Å²) >= 11 is 0. The average Bonchev–Trinajstić information content (AvgIpc) is 2.74. The Morgan fingerprint density at radius 3 is 2.57 bits per heavy atom. The van der Waals surface area contributed by atoms with Gasteiger partial charge in [0.1, 0.15) is 12.4 Å². The summed E-state index contributed by atoms with van der Waals surface area (Å²) in [4.78, 5) is 34.4. The van der Waals surface area contributed by atoms with E-state index in [1.807, 2.05) is 30.3 Å². The lowest BCUT2D eigenvalue weighted by atomic mass is 10.1. The molecule has 0 aliphatic rings. The number of alkyl carbamates (subject to hydrolysis) is 1. The summed E-state index contributed by atoms with van der Waals surface area (Å²) in [5.74, 6) is -1.16. The third-order valence-corrected chi connectivity index (χ3v) is 3.97. The molecule has 1 atom stereocenters. The normalized spacial score (nSPS) is 11.2. The second-order valence-corrected chi connectivity index (χ2v) is 6.44. The lowest BCUT2D eigenvalue weighted by Gasteiger charge is -2.13. The highest BCUT2D eigenvalue weighted by Gasteiger charge is 2.14. The number of hydrogen-bond donors (Lipinski definition) is 4. The predicted molar refractivity (Wildman–Crippen MR) is 110 cm³/mol. The summed E-state index contributed by atoms with van der Waals surface area (Å²) < 4.78 is 10.2. The molecule has 2 aromatic carbocycles. The molecule has 0 unspecified atom stereocenters. The Labute approximate surface area is 174 Å². The van der Waals surface area contributed by atoms with Gasteiger partial charge in [0.15, 0.2) is 6.61 Å². The van der Waals surface area contributed by atoms with Crippen molar-refractivity contribution in [2.24, 2.45) is 5.73 Å². The number of ether oxygens (including phenoxy) is 2. The molecule has 0 aliphatic heterocycles. The highest BCUT2D eigenvalue weighted by molar-refractivity contribution is 5.94. The number of carbonyl (C=O) groups is 3. The molecule has 0 bridgehead atoms. The molecule has 30 heavy (non-hydrogen) atoms. The van der Waals surface area contributed by atoms with Crippen LogP contribution in [0.4, 0.5) is 10.5 Å². The molecule has 2 amide bonds. The first-order chi connectivity index (χ1) is 14.4. The van der Waals surface area contributed by atoms with Crippen molar-refractivity contribution in [1.29, 1.82) is 0 Å². The van der Waals surface area contributed by atoms with Gasteiger partial charge < -0.3 is 30.9 Å². The van der Waals surface area contributed by atoms with Crippen LogP contribution in [-0.4, -0.2) is 42.3 Å². The molecule has 0 saturated heterocycles. The van der Waals surface area contributed by atoms with Crippen molar-refractivity contribution < 1.29 is 29.0 Å². The molecule has 9 heteroatoms. The lowest BCUT2D eigenvalue weighted by molar-refractivity contribution is -0.139. The maximum Gasteiger partial charge on any atom is 0.407 e. The zero-order valence-corrected chi connectivity index (χ0v) is 16.4. The zero-order chi connectivity index (χ0) is 21.8. The zero-order valence-electron chi connectivity index (χ0n) is 16.4. The van der Waals surface area contributed by atoms with E-state index in [0.717, 1.165) is 5.56 Å². The molecule has 0 fully saturated rings. The van der Waals surface area contributed by atoms with Crippen LogP contribution in [0.5, 0.6) is 5.75 Å². The first kappa shape index (κ1) is 22.7. The Hall–Kier alpha value is -3.59. The number of carboxylic acids is 1. The predicted octanol–water partition coefficient (Wildman–Crippen LogP) is 2.12. The smallest absolute Gasteiger partial charge is 0.407 e. The molecule has 0 saturated carbocycles. The van der Waals surface area contributed by atoms with Crippen molar-refractivity contribution in [3.63, 3.8) is 0 Å². The van der Waals surface area contributed by atoms with Gasteiger partial charge in [0.2, 0.25) is 5.91 Å². The van der Waals surface area contributed by atoms with E-state index in [2.05, 4.69) is 10.6 Å². The van der Waals surface area contributed by atoms with Crippen LogP contribution >= 0.6 is 0 Å². The molecule has 0 aliphatic carbocycles. The van der Waals surface area contributed by atoms with Crippen LogP contribution in [0.15, 0.2) is 54.6 Å². The Bertz CT molecular complexity index is 844. The molecule has 2 rings (SSSR count). The fourth-order valence-electron chi connectivity index (χ4n) is 2.46. The number of nitrogens with one attached hydrogen (secondary N) is 2. The molecule has 0 heterocycles. The highest BCUT2D eigenvalue weighted by atomic mass is 16.5. The van der Waals surface area contributed by atoms with Gasteiger partial charge in [-0.05, 0) is 30.5 Å². The molecule has 0 aromatic heterocycles. The standard InChI is InChI=1S/C21H25N3O6/c22-18(10-5-11-23-21(28)30-13-15-6-2-1-3-7-15)20(27)24-16-8-4-9-17(12-16)29-14-19(25)26/h1-4,6-9,12,18H,5,10-11,13-14,22H2,(H,23,28)(H,24,27)(H,25,26)/t18-/m0/s1. The first-order valence-corrected chi connectivity index (χ1v) is 9.39. The lowest BCUT2D eigenvalue weighted by Crippen LogP contribution is -2.36. The van der Waals surface area contributed by atoms with Gasteiger partial charge in [-0.15, -0.1) is 0 Å². The van der Waals surface area contributed by atoms with E-state index >= 15 is 0 Å². The van der Waals surface area contributed by atoms with Gasteiger partial charge in [0.05, 0.1) is 6.04 Å². The Balaban J connectivity index is 1.65. The number of hydrogen-bond acceptors (Lipinski definition) is 6. The minimum Gasteiger partial charge on any atom is -0.482 e. The van der Waals surface area contributed by atoms with Crippen molar-refractivity contribution in [2.75, 3.05) is 18.5 Å². The summed E-state index contributed by atoms with van der Waals surface area (Å²) in [5, 5.41) is 13.9. The number of carbonyl (C=O) groups excluding carboxylic acids is 2. The maximum atomic E-state index is 12.2. The van der Waals surface area contributed by atoms with E-state index < -0.39 is 30.6 Å². The van der Waals surface area contributed by atoms with Crippen LogP contribution in [0, 0.1) is 0 Å². The van der Waals surface area contributed by atoms with Gasteiger partial charge in [-0.25, -0.2) is 9.59 Å². The van der Waals surface area contributed by atoms with Gasteiger partial charge >= 0.3 is 12.1 Å². The maximum absolute atomic E-state index is 12.2. The molecular weight excluding hydrogens is 390 g/mol. The van der Waals surface area contributed by atoms with Crippen molar-refractivity contribution in [2.45, 2.75) is 25.5 Å². The quantitative estimate of drug-likeness (QED) is 0.412. The molecule has 0 spiro atoms. The fourth-order valence-corrected chi connectivity index (χ4v) is 2.46. The number of nitrogens with two attached hydrogens (primary N) is 1. The van der Waals surface area contributed by atoms with Crippen LogP contribution in [-0.2, 0) is 20.9 Å². The Morgan fingerprint density at radius 2 is 1.83 bits per heavy atom. The van der Waals surface area contributed by atoms with Crippen LogP contribution in [0.1, 0.15) is 18.4 Å². The number of rotatable bonds is 11. The van der Waals surface area contributed by atoms with E-state index in [4.69, 9.17) is 20.3 Å². The van der Waals surface area contributed by atoms with Crippen LogP contribution in [0.2, 0.25) is 0 Å². The van der Waals surface area contributed by atoms with E-state index in [1.54, 1.807) is 18.2 Å². The van der Waals surface area contributed by atoms with Crippen molar-refractivity contribution in [3.05, 3.63) is 60.2 Å². The summed E-state index contributed by atoms with van der Waals surface area (Å²) in [6.45, 7) is 0.0364. The minimum absolute atomic E-state index is 0.184. The number of carboxylic acid groups (broad SMARTS) is 1. The molecule has 160 valence electrons. The topological polar surface area (TPSA) is 140 Å². The highest BCUT2D eigenvalue weighted by Crippen LogP contribution is 2.17. The average molecular weight is 415 g/mol. The number of amides is 2. The Morgan fingerprint density at radius 1 is 1.07 bits per heavy atom. The SMILES string of the molecule is N[C@@H](CCCNC(=O)OCc1ccccc1)C(=O)Nc1cccc(OCC(=O)O)c1. The minimum atomic E-state index is -1.09. The summed E-state index contributed by atoms with van der Waals surface area (Å²) in [6, 6.07) is 14.9. The third kappa shape index (κ3) is 8.61. The number of benzene rings is 2. The second-order valence-electron chi connectivity index (χ2n) is 6.44. The van der Waals surface area contributed by atoms with Crippen LogP contribution < -0.4 is 21.1 Å². The van der Waals surface area contributed by atoms with Crippen molar-refractivity contribution >= 4 is 23.7 Å². The Kier molecular flexibility index (Phi) is 9.14.